The van der Waals surface area contributed by atoms with Crippen LogP contribution in [0.5, 0.6) is 0 Å². The molecule has 1 saturated heterocycles. The Balaban J connectivity index is 1.73. The number of amides is 1. The van der Waals surface area contributed by atoms with Crippen molar-refractivity contribution in [2.45, 2.75) is 75.5 Å². The van der Waals surface area contributed by atoms with Gasteiger partial charge in [-0.25, -0.2) is 8.42 Å². The van der Waals surface area contributed by atoms with Crippen LogP contribution in [0.15, 0.2) is 29.2 Å². The third kappa shape index (κ3) is 4.66. The number of carbonyl (C=O) groups is 1. The van der Waals surface area contributed by atoms with E-state index in [9.17, 15) is 26.4 Å². The maximum absolute atomic E-state index is 13.3. The van der Waals surface area contributed by atoms with Crippen LogP contribution in [0.1, 0.15) is 57.9 Å². The highest BCUT2D eigenvalue weighted by atomic mass is 32.2. The first kappa shape index (κ1) is 23.1. The highest BCUT2D eigenvalue weighted by Crippen LogP contribution is 2.36. The van der Waals surface area contributed by atoms with E-state index >= 15 is 0 Å². The van der Waals surface area contributed by atoms with Gasteiger partial charge in [-0.2, -0.15) is 17.5 Å². The number of alkyl halides is 3. The standard InChI is InChI=1S/C21H29F3N2O3S/c1-15(2)26(17-7-3-4-8-17)20(27)16-11-13-25(14-12-16)30(28,29)19-10-6-5-9-18(19)21(22,23)24/h5-6,9-10,15-17H,3-4,7-8,11-14H2,1-2H3. The van der Waals surface area contributed by atoms with Crippen molar-refractivity contribution >= 4 is 15.9 Å². The Morgan fingerprint density at radius 2 is 1.63 bits per heavy atom. The average molecular weight is 447 g/mol. The molecule has 1 heterocycles. The van der Waals surface area contributed by atoms with Gasteiger partial charge in [0.05, 0.1) is 10.5 Å². The van der Waals surface area contributed by atoms with Crippen LogP contribution in [0.4, 0.5) is 13.2 Å². The highest BCUT2D eigenvalue weighted by Gasteiger charge is 2.41. The number of nitrogens with zero attached hydrogens (tertiary/aromatic N) is 2. The van der Waals surface area contributed by atoms with Crippen LogP contribution in [0, 0.1) is 5.92 Å². The first-order chi connectivity index (χ1) is 14.0. The number of hydrogen-bond donors (Lipinski definition) is 0. The summed E-state index contributed by atoms with van der Waals surface area (Å²) >= 11 is 0. The van der Waals surface area contributed by atoms with Crippen LogP contribution in [0.2, 0.25) is 0 Å². The molecule has 0 atom stereocenters. The van der Waals surface area contributed by atoms with E-state index in [1.165, 1.54) is 12.1 Å². The van der Waals surface area contributed by atoms with Gasteiger partial charge in [0.25, 0.3) is 0 Å². The Hall–Kier alpha value is -1.61. The summed E-state index contributed by atoms with van der Waals surface area (Å²) in [6.45, 7) is 4.07. The van der Waals surface area contributed by atoms with Crippen LogP contribution >= 0.6 is 0 Å². The molecule has 0 N–H and O–H groups in total. The Kier molecular flexibility index (Phi) is 6.81. The molecule has 1 aromatic rings. The zero-order valence-electron chi connectivity index (χ0n) is 17.4. The van der Waals surface area contributed by atoms with Gasteiger partial charge < -0.3 is 4.90 Å². The quantitative estimate of drug-likeness (QED) is 0.678. The van der Waals surface area contributed by atoms with Crippen molar-refractivity contribution < 1.29 is 26.4 Å². The number of hydrogen-bond acceptors (Lipinski definition) is 3. The fourth-order valence-corrected chi connectivity index (χ4v) is 6.34. The lowest BCUT2D eigenvalue weighted by Gasteiger charge is -2.38. The van der Waals surface area contributed by atoms with E-state index in [0.29, 0.717) is 12.8 Å². The van der Waals surface area contributed by atoms with Crippen molar-refractivity contribution in [1.29, 1.82) is 0 Å². The number of sulfonamides is 1. The number of carbonyl (C=O) groups excluding carboxylic acids is 1. The number of rotatable bonds is 5. The lowest BCUT2D eigenvalue weighted by molar-refractivity contribution is -0.141. The summed E-state index contributed by atoms with van der Waals surface area (Å²) in [5.41, 5.74) is -1.16. The molecule has 9 heteroatoms. The summed E-state index contributed by atoms with van der Waals surface area (Å²) in [4.78, 5) is 14.4. The van der Waals surface area contributed by atoms with E-state index in [1.54, 1.807) is 0 Å². The second-order valence-electron chi connectivity index (χ2n) is 8.45. The van der Waals surface area contributed by atoms with E-state index in [4.69, 9.17) is 0 Å². The first-order valence-corrected chi connectivity index (χ1v) is 12.0. The molecule has 0 unspecified atom stereocenters. The molecule has 1 aliphatic heterocycles. The predicted octanol–water partition coefficient (Wildman–Crippen LogP) is 4.29. The van der Waals surface area contributed by atoms with Gasteiger partial charge in [0, 0.05) is 31.1 Å². The van der Waals surface area contributed by atoms with Gasteiger partial charge in [0.1, 0.15) is 0 Å². The third-order valence-electron chi connectivity index (χ3n) is 6.14. The molecule has 2 fully saturated rings. The first-order valence-electron chi connectivity index (χ1n) is 10.5. The Bertz CT molecular complexity index is 856. The molecule has 168 valence electrons. The van der Waals surface area contributed by atoms with Crippen LogP contribution in [0.3, 0.4) is 0 Å². The highest BCUT2D eigenvalue weighted by molar-refractivity contribution is 7.89. The molecule has 0 aromatic heterocycles. The predicted molar refractivity (Wildman–Crippen MR) is 107 cm³/mol. The SMILES string of the molecule is CC(C)N(C(=O)C1CCN(S(=O)(=O)c2ccccc2C(F)(F)F)CC1)C1CCCC1. The monoisotopic (exact) mass is 446 g/mol. The minimum absolute atomic E-state index is 0.0432. The molecule has 1 aromatic carbocycles. The lowest BCUT2D eigenvalue weighted by Crippen LogP contribution is -2.49. The fraction of sp³-hybridized carbons (Fsp3) is 0.667. The summed E-state index contributed by atoms with van der Waals surface area (Å²) in [5.74, 6) is -0.248. The van der Waals surface area contributed by atoms with Gasteiger partial charge in [-0.3, -0.25) is 4.79 Å². The summed E-state index contributed by atoms with van der Waals surface area (Å²) < 4.78 is 66.8. The minimum atomic E-state index is -4.75. The van der Waals surface area contributed by atoms with Crippen LogP contribution in [-0.4, -0.2) is 48.7 Å². The van der Waals surface area contributed by atoms with Crippen LogP contribution in [-0.2, 0) is 21.0 Å². The lowest BCUT2D eigenvalue weighted by atomic mass is 9.95. The summed E-state index contributed by atoms with van der Waals surface area (Å²) in [6, 6.07) is 4.55. The molecule has 1 amide bonds. The summed E-state index contributed by atoms with van der Waals surface area (Å²) in [6.07, 6.45) is 0.0883. The molecule has 1 saturated carbocycles. The third-order valence-corrected chi connectivity index (χ3v) is 8.10. The molecular formula is C21H29F3N2O3S. The number of benzene rings is 1. The van der Waals surface area contributed by atoms with Crippen LogP contribution < -0.4 is 0 Å². The summed E-state index contributed by atoms with van der Waals surface area (Å²) in [7, 11) is -4.29. The molecule has 0 spiro atoms. The maximum atomic E-state index is 13.3. The van der Waals surface area contributed by atoms with E-state index in [2.05, 4.69) is 0 Å². The second-order valence-corrected chi connectivity index (χ2v) is 10.4. The van der Waals surface area contributed by atoms with Crippen molar-refractivity contribution in [3.05, 3.63) is 29.8 Å². The van der Waals surface area contributed by atoms with Gasteiger partial charge in [-0.1, -0.05) is 25.0 Å². The smallest absolute Gasteiger partial charge is 0.337 e. The van der Waals surface area contributed by atoms with Crippen molar-refractivity contribution in [2.24, 2.45) is 5.92 Å². The van der Waals surface area contributed by atoms with Gasteiger partial charge in [0.15, 0.2) is 0 Å². The van der Waals surface area contributed by atoms with E-state index in [0.717, 1.165) is 42.1 Å². The molecule has 0 bridgehead atoms. The van der Waals surface area contributed by atoms with Gasteiger partial charge in [-0.05, 0) is 51.7 Å². The van der Waals surface area contributed by atoms with Crippen molar-refractivity contribution in [1.82, 2.24) is 9.21 Å². The molecular weight excluding hydrogens is 417 g/mol. The maximum Gasteiger partial charge on any atom is 0.417 e. The molecule has 5 nitrogen and oxygen atoms in total. The summed E-state index contributed by atoms with van der Waals surface area (Å²) in [5, 5.41) is 0. The van der Waals surface area contributed by atoms with Gasteiger partial charge in [-0.15, -0.1) is 0 Å². The zero-order chi connectivity index (χ0) is 22.1. The molecule has 3 rings (SSSR count). The number of piperidine rings is 1. The van der Waals surface area contributed by atoms with Gasteiger partial charge >= 0.3 is 6.18 Å². The Morgan fingerprint density at radius 1 is 1.07 bits per heavy atom. The van der Waals surface area contributed by atoms with Crippen molar-refractivity contribution in [3.63, 3.8) is 0 Å². The molecule has 1 aliphatic carbocycles. The average Bonchev–Trinajstić information content (AvgIpc) is 3.21. The van der Waals surface area contributed by atoms with E-state index < -0.39 is 26.7 Å². The normalized spacial score (nSPS) is 20.1. The van der Waals surface area contributed by atoms with Crippen molar-refractivity contribution in [3.8, 4) is 0 Å². The minimum Gasteiger partial charge on any atom is -0.337 e. The molecule has 2 aliphatic rings. The molecule has 30 heavy (non-hydrogen) atoms. The fourth-order valence-electron chi connectivity index (χ4n) is 4.66. The van der Waals surface area contributed by atoms with E-state index in [1.807, 2.05) is 18.7 Å². The second kappa shape index (κ2) is 8.86. The largest absolute Gasteiger partial charge is 0.417 e. The Labute approximate surface area is 176 Å². The van der Waals surface area contributed by atoms with Crippen LogP contribution in [0.25, 0.3) is 0 Å². The van der Waals surface area contributed by atoms with E-state index in [-0.39, 0.29) is 37.0 Å². The number of halogens is 3. The van der Waals surface area contributed by atoms with Crippen molar-refractivity contribution in [2.75, 3.05) is 13.1 Å². The topological polar surface area (TPSA) is 57.7 Å². The van der Waals surface area contributed by atoms with Gasteiger partial charge in [0.2, 0.25) is 15.9 Å². The zero-order valence-corrected chi connectivity index (χ0v) is 18.2. The Morgan fingerprint density at radius 3 is 2.17 bits per heavy atom. The molecule has 0 radical (unpaired) electrons.